The van der Waals surface area contributed by atoms with E-state index in [-0.39, 0.29) is 0 Å². The summed E-state index contributed by atoms with van der Waals surface area (Å²) in [5.74, 6) is -0.196. The zero-order valence-corrected chi connectivity index (χ0v) is 13.5. The first-order valence-corrected chi connectivity index (χ1v) is 8.40. The first kappa shape index (κ1) is 14.7. The van der Waals surface area contributed by atoms with Gasteiger partial charge in [0, 0.05) is 15.5 Å². The second kappa shape index (κ2) is 5.98. The lowest BCUT2D eigenvalue weighted by Gasteiger charge is -2.09. The van der Waals surface area contributed by atoms with E-state index in [1.807, 2.05) is 54.6 Å². The van der Waals surface area contributed by atoms with Crippen LogP contribution in [0.1, 0.15) is 15.9 Å². The highest BCUT2D eigenvalue weighted by atomic mass is 32.1. The molecule has 0 fully saturated rings. The molecular weight excluding hydrogens is 320 g/mol. The summed E-state index contributed by atoms with van der Waals surface area (Å²) in [6, 6.07) is 21.2. The minimum absolute atomic E-state index is 0.314. The molecule has 4 rings (SSSR count). The number of hydrogen-bond acceptors (Lipinski definition) is 3. The Hall–Kier alpha value is -2.85. The first-order valence-electron chi connectivity index (χ1n) is 7.58. The highest BCUT2D eigenvalue weighted by Gasteiger charge is 2.17. The second-order valence-corrected chi connectivity index (χ2v) is 6.55. The molecule has 4 heteroatoms. The van der Waals surface area contributed by atoms with Gasteiger partial charge in [0.25, 0.3) is 0 Å². The van der Waals surface area contributed by atoms with Crippen molar-refractivity contribution in [3.8, 4) is 5.75 Å². The summed E-state index contributed by atoms with van der Waals surface area (Å²) in [5, 5.41) is 11.2. The molecule has 1 aromatic heterocycles. The van der Waals surface area contributed by atoms with Crippen molar-refractivity contribution in [2.75, 3.05) is 0 Å². The molecule has 0 radical (unpaired) electrons. The Morgan fingerprint density at radius 2 is 1.71 bits per heavy atom. The molecule has 0 saturated carbocycles. The molecule has 0 bridgehead atoms. The van der Waals surface area contributed by atoms with Gasteiger partial charge in [-0.2, -0.15) is 0 Å². The SMILES string of the molecule is O=C(O)c1ccc(OCc2ccccc2)c2sc3ccccc3c12. The summed E-state index contributed by atoms with van der Waals surface area (Å²) < 4.78 is 7.93. The quantitative estimate of drug-likeness (QED) is 0.548. The number of fused-ring (bicyclic) bond motifs is 3. The van der Waals surface area contributed by atoms with Gasteiger partial charge in [0.1, 0.15) is 12.4 Å². The predicted molar refractivity (Wildman–Crippen MR) is 97.1 cm³/mol. The molecule has 4 aromatic rings. The van der Waals surface area contributed by atoms with E-state index in [1.54, 1.807) is 23.5 Å². The zero-order chi connectivity index (χ0) is 16.5. The van der Waals surface area contributed by atoms with E-state index >= 15 is 0 Å². The fourth-order valence-electron chi connectivity index (χ4n) is 2.83. The molecule has 0 atom stereocenters. The molecule has 0 amide bonds. The summed E-state index contributed by atoms with van der Waals surface area (Å²) in [6.07, 6.45) is 0. The molecule has 0 aliphatic carbocycles. The number of benzene rings is 3. The maximum atomic E-state index is 11.6. The van der Waals surface area contributed by atoms with Crippen LogP contribution in [0.2, 0.25) is 0 Å². The fraction of sp³-hybridized carbons (Fsp3) is 0.0500. The van der Waals surface area contributed by atoms with Crippen LogP contribution in [0.3, 0.4) is 0 Å². The molecule has 1 heterocycles. The molecule has 3 nitrogen and oxygen atoms in total. The van der Waals surface area contributed by atoms with Crippen molar-refractivity contribution in [1.29, 1.82) is 0 Å². The number of carbonyl (C=O) groups is 1. The van der Waals surface area contributed by atoms with E-state index in [0.717, 1.165) is 31.5 Å². The molecule has 0 saturated heterocycles. The lowest BCUT2D eigenvalue weighted by atomic mass is 10.1. The van der Waals surface area contributed by atoms with Gasteiger partial charge in [0.05, 0.1) is 10.3 Å². The van der Waals surface area contributed by atoms with E-state index in [0.29, 0.717) is 12.2 Å². The van der Waals surface area contributed by atoms with Crippen LogP contribution in [-0.2, 0) is 6.61 Å². The highest BCUT2D eigenvalue weighted by molar-refractivity contribution is 7.26. The summed E-state index contributed by atoms with van der Waals surface area (Å²) in [7, 11) is 0. The smallest absolute Gasteiger partial charge is 0.336 e. The van der Waals surface area contributed by atoms with Crippen LogP contribution in [0.4, 0.5) is 0 Å². The molecule has 3 aromatic carbocycles. The third kappa shape index (κ3) is 2.51. The Kier molecular flexibility index (Phi) is 3.67. The predicted octanol–water partition coefficient (Wildman–Crippen LogP) is 5.33. The summed E-state index contributed by atoms with van der Waals surface area (Å²) in [5.41, 5.74) is 1.39. The number of carboxylic acid groups (broad SMARTS) is 1. The van der Waals surface area contributed by atoms with Crippen molar-refractivity contribution < 1.29 is 14.6 Å². The van der Waals surface area contributed by atoms with Crippen LogP contribution in [-0.4, -0.2) is 11.1 Å². The minimum atomic E-state index is -0.918. The minimum Gasteiger partial charge on any atom is -0.487 e. The Bertz CT molecular complexity index is 1030. The van der Waals surface area contributed by atoms with Crippen LogP contribution in [0.25, 0.3) is 20.2 Å². The van der Waals surface area contributed by atoms with Crippen LogP contribution in [0, 0.1) is 0 Å². The van der Waals surface area contributed by atoms with Crippen molar-refractivity contribution in [3.05, 3.63) is 77.9 Å². The second-order valence-electron chi connectivity index (χ2n) is 5.49. The Labute approximate surface area is 142 Å². The number of thiophene rings is 1. The van der Waals surface area contributed by atoms with Crippen molar-refractivity contribution >= 4 is 37.5 Å². The normalized spacial score (nSPS) is 11.0. The molecule has 0 aliphatic rings. The Morgan fingerprint density at radius 3 is 2.50 bits per heavy atom. The van der Waals surface area contributed by atoms with Crippen molar-refractivity contribution in [1.82, 2.24) is 0 Å². The van der Waals surface area contributed by atoms with Crippen LogP contribution < -0.4 is 4.74 Å². The van der Waals surface area contributed by atoms with Gasteiger partial charge in [-0.15, -0.1) is 11.3 Å². The van der Waals surface area contributed by atoms with Gasteiger partial charge in [0.2, 0.25) is 0 Å². The lowest BCUT2D eigenvalue weighted by Crippen LogP contribution is -1.99. The third-order valence-corrected chi connectivity index (χ3v) is 5.14. The molecule has 1 N–H and O–H groups in total. The van der Waals surface area contributed by atoms with Gasteiger partial charge < -0.3 is 9.84 Å². The average molecular weight is 334 g/mol. The summed E-state index contributed by atoms with van der Waals surface area (Å²) in [6.45, 7) is 0.455. The van der Waals surface area contributed by atoms with Crippen LogP contribution in [0.15, 0.2) is 66.7 Å². The topological polar surface area (TPSA) is 46.5 Å². The van der Waals surface area contributed by atoms with Crippen LogP contribution in [0.5, 0.6) is 5.75 Å². The van der Waals surface area contributed by atoms with E-state index in [9.17, 15) is 9.90 Å². The van der Waals surface area contributed by atoms with Crippen molar-refractivity contribution in [3.63, 3.8) is 0 Å². The Balaban J connectivity index is 1.85. The van der Waals surface area contributed by atoms with Crippen LogP contribution >= 0.6 is 11.3 Å². The summed E-state index contributed by atoms with van der Waals surface area (Å²) >= 11 is 1.57. The molecule has 118 valence electrons. The van der Waals surface area contributed by atoms with Gasteiger partial charge in [-0.25, -0.2) is 4.79 Å². The van der Waals surface area contributed by atoms with E-state index < -0.39 is 5.97 Å². The van der Waals surface area contributed by atoms with Crippen molar-refractivity contribution in [2.45, 2.75) is 6.61 Å². The largest absolute Gasteiger partial charge is 0.487 e. The van der Waals surface area contributed by atoms with Gasteiger partial charge in [-0.05, 0) is 23.8 Å². The van der Waals surface area contributed by atoms with E-state index in [2.05, 4.69) is 0 Å². The number of hydrogen-bond donors (Lipinski definition) is 1. The summed E-state index contributed by atoms with van der Waals surface area (Å²) in [4.78, 5) is 11.6. The van der Waals surface area contributed by atoms with Gasteiger partial charge >= 0.3 is 5.97 Å². The molecule has 0 unspecified atom stereocenters. The highest BCUT2D eigenvalue weighted by Crippen LogP contribution is 2.41. The first-order chi connectivity index (χ1) is 11.7. The number of rotatable bonds is 4. The van der Waals surface area contributed by atoms with E-state index in [1.165, 1.54) is 0 Å². The fourth-order valence-corrected chi connectivity index (χ4v) is 4.03. The third-order valence-electron chi connectivity index (χ3n) is 3.96. The lowest BCUT2D eigenvalue weighted by molar-refractivity contribution is 0.0699. The monoisotopic (exact) mass is 334 g/mol. The molecule has 24 heavy (non-hydrogen) atoms. The molecule has 0 spiro atoms. The van der Waals surface area contributed by atoms with E-state index in [4.69, 9.17) is 4.74 Å². The average Bonchev–Trinajstić information content (AvgIpc) is 3.00. The molecule has 0 aliphatic heterocycles. The number of aromatic carboxylic acids is 1. The number of ether oxygens (including phenoxy) is 1. The van der Waals surface area contributed by atoms with Crippen molar-refractivity contribution in [2.24, 2.45) is 0 Å². The zero-order valence-electron chi connectivity index (χ0n) is 12.7. The maximum Gasteiger partial charge on any atom is 0.336 e. The number of carboxylic acids is 1. The van der Waals surface area contributed by atoms with Gasteiger partial charge in [-0.3, -0.25) is 0 Å². The molecular formula is C20H14O3S. The Morgan fingerprint density at radius 1 is 0.958 bits per heavy atom. The van der Waals surface area contributed by atoms with Gasteiger partial charge in [0.15, 0.2) is 0 Å². The standard InChI is InChI=1S/C20H14O3S/c21-20(22)15-10-11-16(23-12-13-6-2-1-3-7-13)19-18(15)14-8-4-5-9-17(14)24-19/h1-11H,12H2,(H,21,22). The maximum absolute atomic E-state index is 11.6. The van der Waals surface area contributed by atoms with Gasteiger partial charge in [-0.1, -0.05) is 48.5 Å².